The van der Waals surface area contributed by atoms with Crippen molar-refractivity contribution in [2.24, 2.45) is 23.2 Å². The molecule has 4 fully saturated rings. The quantitative estimate of drug-likeness (QED) is 0.520. The zero-order chi connectivity index (χ0) is 21.2. The van der Waals surface area contributed by atoms with Gasteiger partial charge in [-0.05, 0) is 56.3 Å². The first-order valence-corrected chi connectivity index (χ1v) is 13.3. The van der Waals surface area contributed by atoms with Gasteiger partial charge >= 0.3 is 0 Å². The number of likely N-dealkylation sites (tertiary alicyclic amines) is 2. The zero-order valence-electron chi connectivity index (χ0n) is 20.3. The highest BCUT2D eigenvalue weighted by atomic mass is 16.3. The molecule has 2 saturated carbocycles. The number of hydrogen-bond acceptors (Lipinski definition) is 1. The molecule has 30 heavy (non-hydrogen) atoms. The van der Waals surface area contributed by atoms with Crippen LogP contribution in [0.1, 0.15) is 78.1 Å². The molecule has 7 atom stereocenters. The Morgan fingerprint density at radius 2 is 1.73 bits per heavy atom. The van der Waals surface area contributed by atoms with Crippen molar-refractivity contribution in [3.05, 3.63) is 11.6 Å². The summed E-state index contributed by atoms with van der Waals surface area (Å²) in [6.45, 7) is 10.7. The highest BCUT2D eigenvalue weighted by molar-refractivity contribution is 5.25. The lowest BCUT2D eigenvalue weighted by molar-refractivity contribution is -0.969. The molecule has 7 unspecified atom stereocenters. The van der Waals surface area contributed by atoms with E-state index in [0.717, 1.165) is 34.8 Å². The van der Waals surface area contributed by atoms with Crippen LogP contribution in [-0.2, 0) is 0 Å². The standard InChI is InChI=1S/C27H48N2O/c1-26-13-11-22(28(3)15-5-6-16-28)20-21(26)9-10-23-24(26)12-14-27(2)25(23)8-7-17-29(27,4)18-19-30/h9,22-25,30H,5-8,10-20H2,1-4H3/q+2. The Bertz CT molecular complexity index is 693. The predicted octanol–water partition coefficient (Wildman–Crippen LogP) is 4.75. The number of piperidine rings is 1. The molecular weight excluding hydrogens is 368 g/mol. The maximum Gasteiger partial charge on any atom is 0.102 e. The van der Waals surface area contributed by atoms with Gasteiger partial charge in [-0.2, -0.15) is 0 Å². The zero-order valence-corrected chi connectivity index (χ0v) is 20.3. The Kier molecular flexibility index (Phi) is 5.24. The van der Waals surface area contributed by atoms with Crippen LogP contribution in [0.3, 0.4) is 0 Å². The van der Waals surface area contributed by atoms with Crippen molar-refractivity contribution in [2.45, 2.75) is 89.6 Å². The molecular formula is C27H48N2O+2. The maximum atomic E-state index is 9.83. The van der Waals surface area contributed by atoms with Gasteiger partial charge < -0.3 is 14.1 Å². The summed E-state index contributed by atoms with van der Waals surface area (Å²) in [4.78, 5) is 0. The molecule has 0 aromatic carbocycles. The third-order valence-corrected chi connectivity index (χ3v) is 11.9. The average Bonchev–Trinajstić information content (AvgIpc) is 3.16. The molecule has 170 valence electrons. The van der Waals surface area contributed by atoms with Crippen molar-refractivity contribution in [1.82, 2.24) is 0 Å². The molecule has 0 aromatic rings. The highest BCUT2D eigenvalue weighted by Crippen LogP contribution is 2.63. The monoisotopic (exact) mass is 416 g/mol. The number of aliphatic hydroxyl groups excluding tert-OH is 1. The molecule has 5 aliphatic rings. The van der Waals surface area contributed by atoms with Gasteiger partial charge in [-0.3, -0.25) is 0 Å². The van der Waals surface area contributed by atoms with E-state index in [-0.39, 0.29) is 0 Å². The van der Waals surface area contributed by atoms with E-state index in [0.29, 0.717) is 17.6 Å². The van der Waals surface area contributed by atoms with Gasteiger partial charge in [0.2, 0.25) is 0 Å². The molecule has 3 nitrogen and oxygen atoms in total. The number of rotatable bonds is 3. The van der Waals surface area contributed by atoms with Crippen LogP contribution in [0.2, 0.25) is 0 Å². The van der Waals surface area contributed by atoms with E-state index in [1.54, 1.807) is 0 Å². The molecule has 0 radical (unpaired) electrons. The van der Waals surface area contributed by atoms with E-state index in [1.165, 1.54) is 88.3 Å². The summed E-state index contributed by atoms with van der Waals surface area (Å²) in [7, 11) is 5.01. The Balaban J connectivity index is 1.41. The molecule has 0 aromatic heterocycles. The predicted molar refractivity (Wildman–Crippen MR) is 124 cm³/mol. The average molecular weight is 417 g/mol. The van der Waals surface area contributed by atoms with Gasteiger partial charge in [0.15, 0.2) is 0 Å². The SMILES string of the molecule is CC12CCC([N+]3(C)CCCC3)CC1=CCC1C2CCC2(C)C1CCC[N+]2(C)CCO. The Morgan fingerprint density at radius 1 is 0.967 bits per heavy atom. The number of quaternary nitrogens is 2. The topological polar surface area (TPSA) is 20.2 Å². The smallest absolute Gasteiger partial charge is 0.102 e. The third kappa shape index (κ3) is 2.94. The largest absolute Gasteiger partial charge is 0.391 e. The molecule has 2 saturated heterocycles. The first kappa shape index (κ1) is 21.5. The number of aliphatic hydroxyl groups is 1. The lowest BCUT2D eigenvalue weighted by Crippen LogP contribution is -2.71. The summed E-state index contributed by atoms with van der Waals surface area (Å²) in [6.07, 6.45) is 16.8. The van der Waals surface area contributed by atoms with Crippen LogP contribution in [0.5, 0.6) is 0 Å². The molecule has 5 rings (SSSR count). The number of fused-ring (bicyclic) bond motifs is 5. The van der Waals surface area contributed by atoms with E-state index >= 15 is 0 Å². The fourth-order valence-electron chi connectivity index (χ4n) is 9.60. The summed E-state index contributed by atoms with van der Waals surface area (Å²) in [5.74, 6) is 2.63. The molecule has 0 bridgehead atoms. The van der Waals surface area contributed by atoms with E-state index in [9.17, 15) is 5.11 Å². The molecule has 2 aliphatic heterocycles. The summed E-state index contributed by atoms with van der Waals surface area (Å²) < 4.78 is 2.47. The van der Waals surface area contributed by atoms with E-state index in [4.69, 9.17) is 0 Å². The minimum atomic E-state index is 0.340. The van der Waals surface area contributed by atoms with E-state index in [1.807, 2.05) is 5.57 Å². The lowest BCUT2D eigenvalue weighted by atomic mass is 9.47. The normalized spacial score (nSPS) is 50.2. The molecule has 0 spiro atoms. The van der Waals surface area contributed by atoms with Gasteiger partial charge in [0.1, 0.15) is 6.54 Å². The molecule has 2 heterocycles. The fourth-order valence-corrected chi connectivity index (χ4v) is 9.60. The lowest BCUT2D eigenvalue weighted by Gasteiger charge is -2.64. The Morgan fingerprint density at radius 3 is 2.47 bits per heavy atom. The molecule has 3 heteroatoms. The first-order valence-electron chi connectivity index (χ1n) is 13.3. The van der Waals surface area contributed by atoms with Crippen LogP contribution >= 0.6 is 0 Å². The second-order valence-electron chi connectivity index (χ2n) is 12.9. The van der Waals surface area contributed by atoms with Crippen molar-refractivity contribution in [3.63, 3.8) is 0 Å². The minimum Gasteiger partial charge on any atom is -0.391 e. The van der Waals surface area contributed by atoms with Gasteiger partial charge in [0.25, 0.3) is 0 Å². The van der Waals surface area contributed by atoms with Crippen LogP contribution in [-0.4, -0.2) is 72.5 Å². The molecule has 3 aliphatic carbocycles. The van der Waals surface area contributed by atoms with Crippen molar-refractivity contribution >= 4 is 0 Å². The van der Waals surface area contributed by atoms with E-state index < -0.39 is 0 Å². The van der Waals surface area contributed by atoms with Crippen LogP contribution < -0.4 is 0 Å². The maximum absolute atomic E-state index is 9.83. The number of allylic oxidation sites excluding steroid dienone is 1. The van der Waals surface area contributed by atoms with Crippen LogP contribution in [0.25, 0.3) is 0 Å². The van der Waals surface area contributed by atoms with Crippen molar-refractivity contribution in [2.75, 3.05) is 46.9 Å². The Labute approximate surface area is 185 Å². The van der Waals surface area contributed by atoms with Crippen molar-refractivity contribution in [3.8, 4) is 0 Å². The van der Waals surface area contributed by atoms with Gasteiger partial charge in [-0.1, -0.05) is 18.6 Å². The second-order valence-corrected chi connectivity index (χ2v) is 12.9. The van der Waals surface area contributed by atoms with Gasteiger partial charge in [-0.25, -0.2) is 0 Å². The first-order chi connectivity index (χ1) is 14.3. The Hall–Kier alpha value is -0.380. The van der Waals surface area contributed by atoms with Crippen LogP contribution in [0.4, 0.5) is 0 Å². The van der Waals surface area contributed by atoms with Crippen molar-refractivity contribution < 1.29 is 14.1 Å². The van der Waals surface area contributed by atoms with E-state index in [2.05, 4.69) is 34.0 Å². The molecule has 1 N–H and O–H groups in total. The number of hydrogen-bond donors (Lipinski definition) is 1. The number of nitrogens with zero attached hydrogens (tertiary/aromatic N) is 2. The molecule has 0 amide bonds. The summed E-state index contributed by atoms with van der Waals surface area (Å²) in [5, 5.41) is 9.83. The fraction of sp³-hybridized carbons (Fsp3) is 0.926. The van der Waals surface area contributed by atoms with Crippen LogP contribution in [0, 0.1) is 23.2 Å². The van der Waals surface area contributed by atoms with Crippen molar-refractivity contribution in [1.29, 1.82) is 0 Å². The highest BCUT2D eigenvalue weighted by Gasteiger charge is 2.62. The van der Waals surface area contributed by atoms with Gasteiger partial charge in [0, 0.05) is 38.0 Å². The summed E-state index contributed by atoms with van der Waals surface area (Å²) >= 11 is 0. The second kappa shape index (κ2) is 7.32. The minimum absolute atomic E-state index is 0.340. The van der Waals surface area contributed by atoms with Gasteiger partial charge in [-0.15, -0.1) is 0 Å². The summed E-state index contributed by atoms with van der Waals surface area (Å²) in [5.41, 5.74) is 2.70. The third-order valence-electron chi connectivity index (χ3n) is 11.9. The van der Waals surface area contributed by atoms with Crippen LogP contribution in [0.15, 0.2) is 11.6 Å². The summed E-state index contributed by atoms with van der Waals surface area (Å²) in [6, 6.07) is 0.886. The number of likely N-dealkylation sites (N-methyl/N-ethyl adjacent to an activating group) is 1. The van der Waals surface area contributed by atoms with Gasteiger partial charge in [0.05, 0.1) is 51.9 Å².